The van der Waals surface area contributed by atoms with Crippen LogP contribution in [0.4, 0.5) is 4.79 Å². The summed E-state index contributed by atoms with van der Waals surface area (Å²) >= 11 is 0. The molecule has 0 saturated carbocycles. The van der Waals surface area contributed by atoms with E-state index in [2.05, 4.69) is 0 Å². The summed E-state index contributed by atoms with van der Waals surface area (Å²) < 4.78 is 16.2. The number of carbonyl (C=O) groups is 1. The smallest absolute Gasteiger partial charge is 0.412 e. The molecule has 1 aliphatic heterocycles. The van der Waals surface area contributed by atoms with Crippen LogP contribution in [0.25, 0.3) is 0 Å². The summed E-state index contributed by atoms with van der Waals surface area (Å²) in [7, 11) is 1.37. The number of aromatic hydroxyl groups is 2. The van der Waals surface area contributed by atoms with Gasteiger partial charge in [0.15, 0.2) is 11.5 Å². The third kappa shape index (κ3) is 4.28. The van der Waals surface area contributed by atoms with Gasteiger partial charge in [-0.25, -0.2) is 4.79 Å². The Labute approximate surface area is 148 Å². The predicted molar refractivity (Wildman–Crippen MR) is 91.9 cm³/mol. The Balaban J connectivity index is 2.24. The van der Waals surface area contributed by atoms with Crippen molar-refractivity contribution in [2.24, 2.45) is 0 Å². The Kier molecular flexibility index (Phi) is 5.09. The molecule has 1 aromatic rings. The number of hydrogen-bond acceptors (Lipinski definition) is 6. The molecule has 0 spiro atoms. The van der Waals surface area contributed by atoms with Gasteiger partial charge in [-0.1, -0.05) is 0 Å². The first-order valence-electron chi connectivity index (χ1n) is 8.19. The van der Waals surface area contributed by atoms with E-state index in [1.807, 2.05) is 20.8 Å². The van der Waals surface area contributed by atoms with Gasteiger partial charge in [0.1, 0.15) is 11.3 Å². The van der Waals surface area contributed by atoms with Crippen molar-refractivity contribution in [3.63, 3.8) is 0 Å². The van der Waals surface area contributed by atoms with E-state index < -0.39 is 17.4 Å². The summed E-state index contributed by atoms with van der Waals surface area (Å²) in [5.74, 6) is -0.283. The molecule has 0 aromatic heterocycles. The van der Waals surface area contributed by atoms with Gasteiger partial charge in [-0.05, 0) is 58.7 Å². The molecule has 1 aromatic carbocycles. The van der Waals surface area contributed by atoms with Crippen LogP contribution in [0, 0.1) is 0 Å². The van der Waals surface area contributed by atoms with Crippen LogP contribution in [-0.2, 0) is 15.9 Å². The van der Waals surface area contributed by atoms with E-state index in [1.165, 1.54) is 19.2 Å². The van der Waals surface area contributed by atoms with Gasteiger partial charge in [-0.3, -0.25) is 4.90 Å². The van der Waals surface area contributed by atoms with E-state index in [9.17, 15) is 15.0 Å². The number of phenols is 2. The molecule has 1 fully saturated rings. The molecule has 1 aliphatic rings. The van der Waals surface area contributed by atoms with Gasteiger partial charge in [-0.15, -0.1) is 0 Å². The summed E-state index contributed by atoms with van der Waals surface area (Å²) in [6.07, 6.45) is -0.0599. The number of hydrogen-bond donors (Lipinski definition) is 2. The minimum atomic E-state index is -0.802. The maximum Gasteiger partial charge on any atom is 0.412 e. The molecule has 7 nitrogen and oxygen atoms in total. The molecule has 1 atom stereocenters. The predicted octanol–water partition coefficient (Wildman–Crippen LogP) is 3.02. The summed E-state index contributed by atoms with van der Waals surface area (Å²) in [6, 6.07) is 2.74. The maximum atomic E-state index is 12.6. The highest BCUT2D eigenvalue weighted by atomic mass is 16.6. The van der Waals surface area contributed by atoms with Gasteiger partial charge in [-0.2, -0.15) is 0 Å². The standard InChI is InChI=1S/C18H27NO6/c1-17(2,3)25-16(22)19-12(10-24-18(19,4)5)7-11-8-13(20)15(23-6)14(21)9-11/h8-9,12,20-21H,7,10H2,1-6H3/t12-/m0/s1. The first-order chi connectivity index (χ1) is 11.4. The number of phenolic OH excluding ortho intramolecular Hbond substituents is 2. The number of amides is 1. The Hall–Kier alpha value is -2.15. The van der Waals surface area contributed by atoms with Crippen LogP contribution in [0.3, 0.4) is 0 Å². The molecule has 1 saturated heterocycles. The highest BCUT2D eigenvalue weighted by molar-refractivity contribution is 5.70. The molecule has 140 valence electrons. The lowest BCUT2D eigenvalue weighted by atomic mass is 10.0. The molecule has 25 heavy (non-hydrogen) atoms. The van der Waals surface area contributed by atoms with Crippen LogP contribution < -0.4 is 4.74 Å². The fraction of sp³-hybridized carbons (Fsp3) is 0.611. The largest absolute Gasteiger partial charge is 0.504 e. The molecule has 0 aliphatic carbocycles. The van der Waals surface area contributed by atoms with Crippen molar-refractivity contribution in [3.8, 4) is 17.2 Å². The molecule has 2 N–H and O–H groups in total. The maximum absolute atomic E-state index is 12.6. The van der Waals surface area contributed by atoms with Gasteiger partial charge >= 0.3 is 6.09 Å². The van der Waals surface area contributed by atoms with Gasteiger partial charge in [0.2, 0.25) is 5.75 Å². The lowest BCUT2D eigenvalue weighted by Crippen LogP contribution is -2.50. The van der Waals surface area contributed by atoms with Crippen molar-refractivity contribution in [2.45, 2.75) is 58.4 Å². The Bertz CT molecular complexity index is 626. The number of ether oxygens (including phenoxy) is 3. The molecule has 0 unspecified atom stereocenters. The summed E-state index contributed by atoms with van der Waals surface area (Å²) in [5, 5.41) is 19.9. The van der Waals surface area contributed by atoms with Crippen LogP contribution in [-0.4, -0.2) is 52.3 Å². The molecule has 1 amide bonds. The van der Waals surface area contributed by atoms with Crippen LogP contribution >= 0.6 is 0 Å². The lowest BCUT2D eigenvalue weighted by molar-refractivity contribution is -0.0624. The van der Waals surface area contributed by atoms with Gasteiger partial charge in [0.25, 0.3) is 0 Å². The second-order valence-corrected chi connectivity index (χ2v) is 7.63. The van der Waals surface area contributed by atoms with E-state index in [-0.39, 0.29) is 23.3 Å². The van der Waals surface area contributed by atoms with Gasteiger partial charge in [0.05, 0.1) is 19.8 Å². The molecule has 2 rings (SSSR count). The van der Waals surface area contributed by atoms with Crippen LogP contribution in [0.5, 0.6) is 17.2 Å². The quantitative estimate of drug-likeness (QED) is 0.868. The van der Waals surface area contributed by atoms with Crippen molar-refractivity contribution in [1.82, 2.24) is 4.90 Å². The highest BCUT2D eigenvalue weighted by Gasteiger charge is 2.45. The average molecular weight is 353 g/mol. The minimum absolute atomic E-state index is 0.0238. The normalized spacial score (nSPS) is 19.8. The topological polar surface area (TPSA) is 88.5 Å². The number of rotatable bonds is 3. The van der Waals surface area contributed by atoms with E-state index in [0.717, 1.165) is 0 Å². The SMILES string of the molecule is COc1c(O)cc(C[C@H]2COC(C)(C)N2C(=O)OC(C)(C)C)cc1O. The van der Waals surface area contributed by atoms with Crippen LogP contribution in [0.15, 0.2) is 12.1 Å². The second-order valence-electron chi connectivity index (χ2n) is 7.63. The Morgan fingerprint density at radius 2 is 1.88 bits per heavy atom. The third-order valence-electron chi connectivity index (χ3n) is 3.95. The highest BCUT2D eigenvalue weighted by Crippen LogP contribution is 2.38. The van der Waals surface area contributed by atoms with E-state index in [0.29, 0.717) is 18.6 Å². The van der Waals surface area contributed by atoms with Crippen molar-refractivity contribution in [1.29, 1.82) is 0 Å². The van der Waals surface area contributed by atoms with E-state index >= 15 is 0 Å². The molecular weight excluding hydrogens is 326 g/mol. The average Bonchev–Trinajstić information content (AvgIpc) is 2.71. The molecule has 0 radical (unpaired) electrons. The second kappa shape index (κ2) is 6.63. The zero-order valence-electron chi connectivity index (χ0n) is 15.6. The molecular formula is C18H27NO6. The zero-order chi connectivity index (χ0) is 19.0. The summed E-state index contributed by atoms with van der Waals surface area (Å²) in [6.45, 7) is 9.37. The number of nitrogens with zero attached hydrogens (tertiary/aromatic N) is 1. The minimum Gasteiger partial charge on any atom is -0.504 e. The first-order valence-corrected chi connectivity index (χ1v) is 8.19. The van der Waals surface area contributed by atoms with E-state index in [1.54, 1.807) is 18.7 Å². The van der Waals surface area contributed by atoms with Gasteiger partial charge < -0.3 is 24.4 Å². The van der Waals surface area contributed by atoms with Crippen molar-refractivity contribution >= 4 is 6.09 Å². The summed E-state index contributed by atoms with van der Waals surface area (Å²) in [5.41, 5.74) is -0.754. The molecule has 7 heteroatoms. The van der Waals surface area contributed by atoms with Crippen LogP contribution in [0.1, 0.15) is 40.2 Å². The Morgan fingerprint density at radius 3 is 2.36 bits per heavy atom. The fourth-order valence-electron chi connectivity index (χ4n) is 2.97. The van der Waals surface area contributed by atoms with Crippen LogP contribution in [0.2, 0.25) is 0 Å². The molecule has 1 heterocycles. The van der Waals surface area contributed by atoms with Crippen molar-refractivity contribution in [3.05, 3.63) is 17.7 Å². The number of carbonyl (C=O) groups excluding carboxylic acids is 1. The van der Waals surface area contributed by atoms with Gasteiger partial charge in [0, 0.05) is 0 Å². The summed E-state index contributed by atoms with van der Waals surface area (Å²) in [4.78, 5) is 14.2. The number of methoxy groups -OCH3 is 1. The lowest BCUT2D eigenvalue weighted by Gasteiger charge is -2.35. The first kappa shape index (κ1) is 19.2. The Morgan fingerprint density at radius 1 is 1.32 bits per heavy atom. The van der Waals surface area contributed by atoms with Crippen molar-refractivity contribution in [2.75, 3.05) is 13.7 Å². The fourth-order valence-corrected chi connectivity index (χ4v) is 2.97. The third-order valence-corrected chi connectivity index (χ3v) is 3.95. The number of benzene rings is 1. The van der Waals surface area contributed by atoms with E-state index in [4.69, 9.17) is 14.2 Å². The van der Waals surface area contributed by atoms with Crippen molar-refractivity contribution < 1.29 is 29.2 Å². The zero-order valence-corrected chi connectivity index (χ0v) is 15.6. The molecule has 0 bridgehead atoms. The monoisotopic (exact) mass is 353 g/mol.